The molecule has 1 saturated heterocycles. The van der Waals surface area contributed by atoms with Crippen LogP contribution in [0, 0.1) is 11.7 Å². The number of nitrogens with zero attached hydrogens (tertiary/aromatic N) is 1. The molecule has 1 aliphatic heterocycles. The number of fused-ring (bicyclic) bond motifs is 1. The number of hydrogen-bond acceptors (Lipinski definition) is 3. The van der Waals surface area contributed by atoms with Crippen LogP contribution in [0.15, 0.2) is 48.5 Å². The Labute approximate surface area is 160 Å². The van der Waals surface area contributed by atoms with E-state index < -0.39 is 0 Å². The van der Waals surface area contributed by atoms with Crippen LogP contribution in [0.5, 0.6) is 5.75 Å². The van der Waals surface area contributed by atoms with Crippen molar-refractivity contribution in [1.82, 2.24) is 4.90 Å². The highest BCUT2D eigenvalue weighted by Crippen LogP contribution is 2.46. The molecule has 1 N–H and O–H groups in total. The summed E-state index contributed by atoms with van der Waals surface area (Å²) in [5, 5.41) is 9.83. The lowest BCUT2D eigenvalue weighted by Gasteiger charge is -2.36. The van der Waals surface area contributed by atoms with Gasteiger partial charge in [0, 0.05) is 19.0 Å². The molecular formula is C23H26FNO2. The molecular weight excluding hydrogens is 341 g/mol. The molecule has 142 valence electrons. The van der Waals surface area contributed by atoms with E-state index in [2.05, 4.69) is 23.1 Å². The van der Waals surface area contributed by atoms with E-state index >= 15 is 0 Å². The monoisotopic (exact) mass is 367 g/mol. The van der Waals surface area contributed by atoms with E-state index in [0.717, 1.165) is 37.2 Å². The van der Waals surface area contributed by atoms with Crippen molar-refractivity contribution in [3.8, 4) is 5.75 Å². The Morgan fingerprint density at radius 3 is 2.44 bits per heavy atom. The third-order valence-corrected chi connectivity index (χ3v) is 6.02. The molecule has 4 heteroatoms. The van der Waals surface area contributed by atoms with Crippen molar-refractivity contribution in [2.24, 2.45) is 5.92 Å². The van der Waals surface area contributed by atoms with Crippen molar-refractivity contribution in [1.29, 1.82) is 0 Å². The third kappa shape index (κ3) is 3.52. The molecule has 4 rings (SSSR count). The number of likely N-dealkylation sites (tertiary alicyclic amines) is 1. The van der Waals surface area contributed by atoms with Crippen LogP contribution in [0.4, 0.5) is 4.39 Å². The van der Waals surface area contributed by atoms with Gasteiger partial charge in [-0.3, -0.25) is 4.90 Å². The SMILES string of the molecule is COc1ccc2c(c1)C(C1CCN(C(C)O)CC1)C=C2c1ccc(F)cc1. The van der Waals surface area contributed by atoms with Crippen molar-refractivity contribution in [2.45, 2.75) is 31.9 Å². The number of aliphatic hydroxyl groups excluding tert-OH is 1. The molecule has 1 heterocycles. The second-order valence-electron chi connectivity index (χ2n) is 7.57. The Kier molecular flexibility index (Phi) is 5.02. The summed E-state index contributed by atoms with van der Waals surface area (Å²) < 4.78 is 18.8. The van der Waals surface area contributed by atoms with Crippen molar-refractivity contribution < 1.29 is 14.2 Å². The lowest BCUT2D eigenvalue weighted by molar-refractivity contribution is -0.00446. The number of hydrogen-bond donors (Lipinski definition) is 1. The van der Waals surface area contributed by atoms with Gasteiger partial charge in [-0.2, -0.15) is 0 Å². The van der Waals surface area contributed by atoms with Gasteiger partial charge in [0.25, 0.3) is 0 Å². The van der Waals surface area contributed by atoms with E-state index in [1.807, 2.05) is 25.1 Å². The fourth-order valence-corrected chi connectivity index (χ4v) is 4.47. The van der Waals surface area contributed by atoms with E-state index in [1.54, 1.807) is 7.11 Å². The summed E-state index contributed by atoms with van der Waals surface area (Å²) in [4.78, 5) is 2.13. The fraction of sp³-hybridized carbons (Fsp3) is 0.391. The van der Waals surface area contributed by atoms with Gasteiger partial charge in [-0.1, -0.05) is 24.3 Å². The summed E-state index contributed by atoms with van der Waals surface area (Å²) in [7, 11) is 1.70. The van der Waals surface area contributed by atoms with Crippen molar-refractivity contribution in [3.63, 3.8) is 0 Å². The van der Waals surface area contributed by atoms with Crippen molar-refractivity contribution >= 4 is 5.57 Å². The molecule has 0 saturated carbocycles. The zero-order valence-electron chi connectivity index (χ0n) is 15.9. The van der Waals surface area contributed by atoms with Gasteiger partial charge in [-0.05, 0) is 72.2 Å². The van der Waals surface area contributed by atoms with Gasteiger partial charge in [-0.15, -0.1) is 0 Å². The molecule has 0 bridgehead atoms. The topological polar surface area (TPSA) is 32.7 Å². The number of allylic oxidation sites excluding steroid dienone is 1. The van der Waals surface area contributed by atoms with Crippen LogP contribution in [-0.4, -0.2) is 36.4 Å². The number of rotatable bonds is 4. The lowest BCUT2D eigenvalue weighted by Crippen LogP contribution is -2.40. The van der Waals surface area contributed by atoms with Crippen LogP contribution >= 0.6 is 0 Å². The summed E-state index contributed by atoms with van der Waals surface area (Å²) in [6.45, 7) is 3.66. The van der Waals surface area contributed by atoms with E-state index in [9.17, 15) is 9.50 Å². The summed E-state index contributed by atoms with van der Waals surface area (Å²) in [6, 6.07) is 13.0. The number of piperidine rings is 1. The Morgan fingerprint density at radius 1 is 1.11 bits per heavy atom. The first-order valence-electron chi connectivity index (χ1n) is 9.65. The van der Waals surface area contributed by atoms with Gasteiger partial charge >= 0.3 is 0 Å². The second-order valence-corrected chi connectivity index (χ2v) is 7.57. The van der Waals surface area contributed by atoms with Crippen LogP contribution < -0.4 is 4.74 Å². The Hall–Kier alpha value is -2.17. The maximum absolute atomic E-state index is 13.4. The average Bonchev–Trinajstić information content (AvgIpc) is 3.07. The van der Waals surface area contributed by atoms with Crippen molar-refractivity contribution in [3.05, 3.63) is 71.0 Å². The molecule has 2 aromatic carbocycles. The van der Waals surface area contributed by atoms with Gasteiger partial charge in [0.1, 0.15) is 17.8 Å². The highest BCUT2D eigenvalue weighted by Gasteiger charge is 2.33. The summed E-state index contributed by atoms with van der Waals surface area (Å²) in [5.74, 6) is 1.51. The van der Waals surface area contributed by atoms with Crippen LogP contribution in [0.25, 0.3) is 5.57 Å². The Balaban J connectivity index is 1.68. The minimum absolute atomic E-state index is 0.214. The highest BCUT2D eigenvalue weighted by molar-refractivity contribution is 5.86. The summed E-state index contributed by atoms with van der Waals surface area (Å²) in [6.07, 6.45) is 4.08. The lowest BCUT2D eigenvalue weighted by atomic mass is 9.81. The first kappa shape index (κ1) is 18.2. The third-order valence-electron chi connectivity index (χ3n) is 6.02. The standard InChI is InChI=1S/C23H26FNO2/c1-15(26)25-11-9-17(10-12-25)22-14-21(16-3-5-18(24)6-4-16)20-8-7-19(27-2)13-23(20)22/h3-8,13-15,17,22,26H,9-12H2,1-2H3. The van der Waals surface area contributed by atoms with Crippen LogP contribution in [0.3, 0.4) is 0 Å². The number of benzene rings is 2. The number of methoxy groups -OCH3 is 1. The quantitative estimate of drug-likeness (QED) is 0.869. The number of aliphatic hydroxyl groups is 1. The van der Waals surface area contributed by atoms with Crippen LogP contribution in [0.1, 0.15) is 42.4 Å². The average molecular weight is 367 g/mol. The largest absolute Gasteiger partial charge is 0.497 e. The highest BCUT2D eigenvalue weighted by atomic mass is 19.1. The molecule has 0 aromatic heterocycles. The predicted octanol–water partition coefficient (Wildman–Crippen LogP) is 4.41. The first-order chi connectivity index (χ1) is 13.1. The van der Waals surface area contributed by atoms with E-state index in [4.69, 9.17) is 4.74 Å². The van der Waals surface area contributed by atoms with Gasteiger partial charge in [0.15, 0.2) is 0 Å². The molecule has 0 amide bonds. The molecule has 0 spiro atoms. The van der Waals surface area contributed by atoms with Gasteiger partial charge in [0.05, 0.1) is 7.11 Å². The zero-order valence-corrected chi connectivity index (χ0v) is 15.9. The molecule has 27 heavy (non-hydrogen) atoms. The second kappa shape index (κ2) is 7.45. The Morgan fingerprint density at radius 2 is 1.81 bits per heavy atom. The minimum Gasteiger partial charge on any atom is -0.497 e. The molecule has 3 nitrogen and oxygen atoms in total. The number of ether oxygens (including phenoxy) is 1. The molecule has 0 radical (unpaired) electrons. The molecule has 2 aromatic rings. The normalized spacial score (nSPS) is 21.6. The van der Waals surface area contributed by atoms with Gasteiger partial charge < -0.3 is 9.84 Å². The molecule has 2 aliphatic rings. The molecule has 1 aliphatic carbocycles. The number of halogens is 1. The van der Waals surface area contributed by atoms with E-state index in [-0.39, 0.29) is 12.0 Å². The summed E-state index contributed by atoms with van der Waals surface area (Å²) >= 11 is 0. The van der Waals surface area contributed by atoms with E-state index in [0.29, 0.717) is 11.8 Å². The predicted molar refractivity (Wildman–Crippen MR) is 105 cm³/mol. The first-order valence-corrected chi connectivity index (χ1v) is 9.65. The maximum Gasteiger partial charge on any atom is 0.123 e. The van der Waals surface area contributed by atoms with Gasteiger partial charge in [0.2, 0.25) is 0 Å². The fourth-order valence-electron chi connectivity index (χ4n) is 4.47. The maximum atomic E-state index is 13.4. The Bertz CT molecular complexity index is 836. The van der Waals surface area contributed by atoms with Crippen LogP contribution in [-0.2, 0) is 0 Å². The van der Waals surface area contributed by atoms with Crippen LogP contribution in [0.2, 0.25) is 0 Å². The minimum atomic E-state index is -0.382. The van der Waals surface area contributed by atoms with Crippen molar-refractivity contribution in [2.75, 3.05) is 20.2 Å². The zero-order chi connectivity index (χ0) is 19.0. The van der Waals surface area contributed by atoms with E-state index in [1.165, 1.54) is 28.8 Å². The molecule has 1 fully saturated rings. The summed E-state index contributed by atoms with van der Waals surface area (Å²) in [5.41, 5.74) is 4.73. The smallest absolute Gasteiger partial charge is 0.123 e. The molecule has 2 atom stereocenters. The van der Waals surface area contributed by atoms with Gasteiger partial charge in [-0.25, -0.2) is 4.39 Å². The molecule has 2 unspecified atom stereocenters.